The maximum absolute atomic E-state index is 12.3. The van der Waals surface area contributed by atoms with Crippen LogP contribution in [-0.2, 0) is 22.7 Å². The van der Waals surface area contributed by atoms with Crippen molar-refractivity contribution in [1.29, 1.82) is 0 Å². The first kappa shape index (κ1) is 26.9. The lowest BCUT2D eigenvalue weighted by Gasteiger charge is -2.14. The molecule has 0 saturated heterocycles. The van der Waals surface area contributed by atoms with Crippen LogP contribution in [0.2, 0.25) is 0 Å². The van der Waals surface area contributed by atoms with Crippen LogP contribution >= 0.6 is 47.8 Å². The Morgan fingerprint density at radius 1 is 0.588 bits per heavy atom. The maximum Gasteiger partial charge on any atom is 0.239 e. The van der Waals surface area contributed by atoms with Gasteiger partial charge in [-0.1, -0.05) is 103 Å². The highest BCUT2D eigenvalue weighted by Crippen LogP contribution is 2.43. The summed E-state index contributed by atoms with van der Waals surface area (Å²) in [5, 5.41) is 0. The number of hydrogen-bond acceptors (Lipinski definition) is 2. The van der Waals surface area contributed by atoms with Crippen molar-refractivity contribution in [3.05, 3.63) is 137 Å². The third kappa shape index (κ3) is 7.91. The molecule has 0 fully saturated rings. The molecule has 4 rings (SSSR count). The van der Waals surface area contributed by atoms with E-state index in [-0.39, 0.29) is 4.90 Å². The van der Waals surface area contributed by atoms with Gasteiger partial charge in [0.2, 0.25) is 11.3 Å². The van der Waals surface area contributed by atoms with Gasteiger partial charge in [0.25, 0.3) is 0 Å². The highest BCUT2D eigenvalue weighted by molar-refractivity contribution is 9.42. The predicted octanol–water partition coefficient (Wildman–Crippen LogP) is 8.43. The third-order valence-electron chi connectivity index (χ3n) is 5.14. The molecule has 34 heavy (non-hydrogen) atoms. The molecule has 4 aromatic carbocycles. The molecule has 0 spiro atoms. The number of rotatable bonds is 5. The summed E-state index contributed by atoms with van der Waals surface area (Å²) in [7, 11) is -3.54. The van der Waals surface area contributed by atoms with Crippen LogP contribution in [0.3, 0.4) is 0 Å². The van der Waals surface area contributed by atoms with Gasteiger partial charge in [-0.05, 0) is 102 Å². The lowest BCUT2D eigenvalue weighted by atomic mass is 10.0. The zero-order valence-electron chi connectivity index (χ0n) is 18.7. The van der Waals surface area contributed by atoms with E-state index in [1.807, 2.05) is 36.4 Å². The highest BCUT2D eigenvalue weighted by Gasteiger charge is 2.37. The van der Waals surface area contributed by atoms with Crippen LogP contribution in [0.5, 0.6) is 0 Å². The van der Waals surface area contributed by atoms with Gasteiger partial charge < -0.3 is 0 Å². The Bertz CT molecular complexity index is 1280. The number of alkyl halides is 3. The fourth-order valence-electron chi connectivity index (χ4n) is 3.33. The smallest absolute Gasteiger partial charge is 0.220 e. The van der Waals surface area contributed by atoms with Crippen molar-refractivity contribution in [3.63, 3.8) is 0 Å². The Balaban J connectivity index is 0.000000202. The van der Waals surface area contributed by atoms with Crippen LogP contribution in [-0.4, -0.2) is 9.89 Å². The minimum atomic E-state index is -3.54. The average Bonchev–Trinajstić information content (AvgIpc) is 2.82. The topological polar surface area (TPSA) is 34.1 Å². The minimum Gasteiger partial charge on any atom is -0.220 e. The van der Waals surface area contributed by atoms with Crippen molar-refractivity contribution in [3.8, 4) is 0 Å². The number of aryl methyl sites for hydroxylation is 1. The van der Waals surface area contributed by atoms with Gasteiger partial charge in [0.1, 0.15) is 0 Å². The second kappa shape index (κ2) is 12.3. The van der Waals surface area contributed by atoms with Crippen LogP contribution in [0, 0.1) is 6.92 Å². The summed E-state index contributed by atoms with van der Waals surface area (Å²) in [6.07, 6.45) is 1.73. The molecule has 0 N–H and O–H groups in total. The molecule has 0 unspecified atom stereocenters. The average molecular weight is 665 g/mol. The second-order valence-electron chi connectivity index (χ2n) is 7.91. The van der Waals surface area contributed by atoms with E-state index in [4.69, 9.17) is 0 Å². The zero-order chi connectivity index (χ0) is 24.6. The summed E-state index contributed by atoms with van der Waals surface area (Å²) >= 11 is 9.22. The highest BCUT2D eigenvalue weighted by atomic mass is 80.0. The van der Waals surface area contributed by atoms with Crippen LogP contribution in [0.1, 0.15) is 27.8 Å². The van der Waals surface area contributed by atoms with Crippen molar-refractivity contribution in [2.45, 2.75) is 26.1 Å². The Hall–Kier alpha value is -1.73. The number of sulfone groups is 1. The standard InChI is InChI=1S/C14H11Br3O2S.C14H14/c15-14(16,17)20(18,19)13-8-4-7-12(10-13)9-11-5-2-1-3-6-11;1-12-7-9-14(10-8-12)11-13-5-3-2-4-6-13/h1-8,10H,9H2;2-10H,11H2,1H3. The van der Waals surface area contributed by atoms with E-state index in [0.29, 0.717) is 6.42 Å². The van der Waals surface area contributed by atoms with Crippen LogP contribution in [0.25, 0.3) is 0 Å². The van der Waals surface area contributed by atoms with E-state index in [1.165, 1.54) is 16.7 Å². The fraction of sp³-hybridized carbons (Fsp3) is 0.143. The van der Waals surface area contributed by atoms with Gasteiger partial charge in [-0.3, -0.25) is 0 Å². The van der Waals surface area contributed by atoms with Gasteiger partial charge in [0.15, 0.2) is 0 Å². The van der Waals surface area contributed by atoms with Crippen molar-refractivity contribution < 1.29 is 8.42 Å². The lowest BCUT2D eigenvalue weighted by molar-refractivity contribution is 0.598. The quantitative estimate of drug-likeness (QED) is 0.201. The van der Waals surface area contributed by atoms with Crippen LogP contribution in [0.15, 0.2) is 114 Å². The van der Waals surface area contributed by atoms with E-state index in [2.05, 4.69) is 109 Å². The summed E-state index contributed by atoms with van der Waals surface area (Å²) in [6.45, 7) is 2.12. The first-order valence-corrected chi connectivity index (χ1v) is 14.5. The molecule has 0 amide bonds. The minimum absolute atomic E-state index is 0.261. The lowest BCUT2D eigenvalue weighted by Crippen LogP contribution is -2.17. The van der Waals surface area contributed by atoms with Gasteiger partial charge in [-0.25, -0.2) is 8.42 Å². The van der Waals surface area contributed by atoms with Crippen LogP contribution < -0.4 is 0 Å². The zero-order valence-corrected chi connectivity index (χ0v) is 24.2. The number of benzene rings is 4. The Morgan fingerprint density at radius 3 is 1.53 bits per heavy atom. The van der Waals surface area contributed by atoms with Crippen molar-refractivity contribution >= 4 is 57.6 Å². The molecular formula is C28H25Br3O2S. The Kier molecular flexibility index (Phi) is 9.72. The molecule has 176 valence electrons. The van der Waals surface area contributed by atoms with Crippen molar-refractivity contribution in [1.82, 2.24) is 0 Å². The van der Waals surface area contributed by atoms with Gasteiger partial charge in [-0.2, -0.15) is 0 Å². The van der Waals surface area contributed by atoms with Crippen molar-refractivity contribution in [2.75, 3.05) is 0 Å². The summed E-state index contributed by atoms with van der Waals surface area (Å²) < 4.78 is 23.3. The maximum atomic E-state index is 12.3. The SMILES string of the molecule is Cc1ccc(Cc2ccccc2)cc1.O=S(=O)(c1cccc(Cc2ccccc2)c1)C(Br)(Br)Br. The molecule has 4 aromatic rings. The van der Waals surface area contributed by atoms with E-state index >= 15 is 0 Å². The number of hydrogen-bond donors (Lipinski definition) is 0. The predicted molar refractivity (Wildman–Crippen MR) is 153 cm³/mol. The molecule has 0 aliphatic rings. The van der Waals surface area contributed by atoms with Gasteiger partial charge in [0, 0.05) is 0 Å². The van der Waals surface area contributed by atoms with E-state index in [9.17, 15) is 8.42 Å². The molecule has 6 heteroatoms. The summed E-state index contributed by atoms with van der Waals surface area (Å²) in [5.74, 6) is 0. The Morgan fingerprint density at radius 2 is 1.03 bits per heavy atom. The Labute approximate surface area is 227 Å². The molecule has 0 aliphatic carbocycles. The molecule has 0 radical (unpaired) electrons. The molecule has 0 bridgehead atoms. The van der Waals surface area contributed by atoms with E-state index in [1.54, 1.807) is 18.2 Å². The summed E-state index contributed by atoms with van der Waals surface area (Å²) in [5.41, 5.74) is 6.17. The first-order chi connectivity index (χ1) is 16.1. The first-order valence-electron chi connectivity index (χ1n) is 10.7. The fourth-order valence-corrected chi connectivity index (χ4v) is 5.84. The molecule has 0 aliphatic heterocycles. The number of halogens is 3. The van der Waals surface area contributed by atoms with Gasteiger partial charge in [-0.15, -0.1) is 0 Å². The van der Waals surface area contributed by atoms with Crippen LogP contribution in [0.4, 0.5) is 0 Å². The molecule has 2 nitrogen and oxygen atoms in total. The summed E-state index contributed by atoms with van der Waals surface area (Å²) in [6, 6.07) is 36.2. The normalized spacial score (nSPS) is 11.4. The molecule has 0 heterocycles. The molecular weight excluding hydrogens is 640 g/mol. The monoisotopic (exact) mass is 662 g/mol. The van der Waals surface area contributed by atoms with Crippen molar-refractivity contribution in [2.24, 2.45) is 0 Å². The van der Waals surface area contributed by atoms with Gasteiger partial charge in [0.05, 0.1) is 4.90 Å². The third-order valence-corrected chi connectivity index (χ3v) is 10.5. The molecule has 0 saturated carbocycles. The molecule has 0 atom stereocenters. The second-order valence-corrected chi connectivity index (χ2v) is 18.3. The van der Waals surface area contributed by atoms with E-state index < -0.39 is 11.3 Å². The summed E-state index contributed by atoms with van der Waals surface area (Å²) in [4.78, 5) is 0.261. The van der Waals surface area contributed by atoms with Gasteiger partial charge >= 0.3 is 0 Å². The molecule has 0 aromatic heterocycles. The largest absolute Gasteiger partial charge is 0.239 e. The van der Waals surface area contributed by atoms with E-state index in [0.717, 1.165) is 17.5 Å².